The van der Waals surface area contributed by atoms with Gasteiger partial charge < -0.3 is 25.0 Å². The molecule has 1 aliphatic heterocycles. The minimum Gasteiger partial charge on any atom is -0.379 e. The molecule has 3 rings (SSSR count). The zero-order valence-corrected chi connectivity index (χ0v) is 25.7. The van der Waals surface area contributed by atoms with Gasteiger partial charge in [0.1, 0.15) is 0 Å². The second-order valence-electron chi connectivity index (χ2n) is 10.1. The van der Waals surface area contributed by atoms with E-state index in [4.69, 9.17) is 32.7 Å². The van der Waals surface area contributed by atoms with Crippen LogP contribution in [0.2, 0.25) is 10.0 Å². The Morgan fingerprint density at radius 3 is 2.52 bits per heavy atom. The summed E-state index contributed by atoms with van der Waals surface area (Å²) in [6.07, 6.45) is 3.57. The highest BCUT2D eigenvalue weighted by molar-refractivity contribution is 7.91. The number of amides is 2. The third-order valence-electron chi connectivity index (χ3n) is 6.78. The van der Waals surface area contributed by atoms with E-state index >= 15 is 0 Å². The van der Waals surface area contributed by atoms with Gasteiger partial charge in [0.05, 0.1) is 30.5 Å². The van der Waals surface area contributed by atoms with Gasteiger partial charge in [-0.3, -0.25) is 0 Å². The third-order valence-corrected chi connectivity index (χ3v) is 9.14. The van der Waals surface area contributed by atoms with Crippen LogP contribution in [0.4, 0.5) is 4.79 Å². The van der Waals surface area contributed by atoms with Crippen LogP contribution in [-0.2, 0) is 25.9 Å². The molecule has 0 saturated carbocycles. The highest BCUT2D eigenvalue weighted by Gasteiger charge is 2.28. The molecule has 0 radical (unpaired) electrons. The second kappa shape index (κ2) is 16.5. The minimum absolute atomic E-state index is 0.00654. The molecule has 8 nitrogen and oxygen atoms in total. The first-order chi connectivity index (χ1) is 19.2. The Morgan fingerprint density at radius 1 is 1.00 bits per heavy atom. The second-order valence-corrected chi connectivity index (χ2v) is 13.0. The molecule has 40 heavy (non-hydrogen) atoms. The highest BCUT2D eigenvalue weighted by atomic mass is 35.5. The Balaban J connectivity index is 1.39. The molecule has 1 aliphatic rings. The van der Waals surface area contributed by atoms with Crippen molar-refractivity contribution in [2.24, 2.45) is 0 Å². The molecule has 0 fully saturated rings. The molecule has 2 amide bonds. The molecule has 0 bridgehead atoms. The SMILES string of the molecule is CCCCCNC(=O)NCCOCCOCCCS(=O)(=O)c1cccc([C@@H]2CN(C)Cc3c(Cl)cc(Cl)cc32)c1. The van der Waals surface area contributed by atoms with Gasteiger partial charge in [-0.2, -0.15) is 0 Å². The number of carbonyl (C=O) groups is 1. The number of unbranched alkanes of at least 4 members (excludes halogenated alkanes) is 2. The highest BCUT2D eigenvalue weighted by Crippen LogP contribution is 2.38. The molecule has 222 valence electrons. The first-order valence-electron chi connectivity index (χ1n) is 13.9. The van der Waals surface area contributed by atoms with E-state index in [0.717, 1.165) is 49.0 Å². The van der Waals surface area contributed by atoms with Crippen LogP contribution in [-0.4, -0.2) is 78.2 Å². The van der Waals surface area contributed by atoms with E-state index in [9.17, 15) is 13.2 Å². The molecule has 1 heterocycles. The number of nitrogens with one attached hydrogen (secondary N) is 2. The van der Waals surface area contributed by atoms with Gasteiger partial charge >= 0.3 is 6.03 Å². The summed E-state index contributed by atoms with van der Waals surface area (Å²) in [5.74, 6) is -0.0354. The maximum atomic E-state index is 13.1. The first-order valence-corrected chi connectivity index (χ1v) is 16.3. The summed E-state index contributed by atoms with van der Waals surface area (Å²) >= 11 is 12.8. The van der Waals surface area contributed by atoms with Crippen molar-refractivity contribution in [2.45, 2.75) is 50.0 Å². The fourth-order valence-electron chi connectivity index (χ4n) is 4.72. The Bertz CT molecular complexity index is 1210. The van der Waals surface area contributed by atoms with Crippen LogP contribution in [0.25, 0.3) is 0 Å². The summed E-state index contributed by atoms with van der Waals surface area (Å²) < 4.78 is 37.1. The maximum absolute atomic E-state index is 13.1. The largest absolute Gasteiger partial charge is 0.379 e. The van der Waals surface area contributed by atoms with Crippen LogP contribution in [0, 0.1) is 0 Å². The van der Waals surface area contributed by atoms with Crippen LogP contribution in [0.1, 0.15) is 55.2 Å². The zero-order chi connectivity index (χ0) is 29.0. The van der Waals surface area contributed by atoms with Crippen molar-refractivity contribution in [3.05, 3.63) is 63.1 Å². The number of benzene rings is 2. The van der Waals surface area contributed by atoms with Gasteiger partial charge in [0.25, 0.3) is 0 Å². The number of carbonyl (C=O) groups excluding carboxylic acids is 1. The zero-order valence-electron chi connectivity index (χ0n) is 23.4. The fourth-order valence-corrected chi connectivity index (χ4v) is 6.63. The van der Waals surface area contributed by atoms with E-state index in [0.29, 0.717) is 60.9 Å². The smallest absolute Gasteiger partial charge is 0.314 e. The summed E-state index contributed by atoms with van der Waals surface area (Å²) in [5.41, 5.74) is 2.99. The lowest BCUT2D eigenvalue weighted by molar-refractivity contribution is 0.0498. The number of hydrogen-bond acceptors (Lipinski definition) is 6. The quantitative estimate of drug-likeness (QED) is 0.251. The summed E-state index contributed by atoms with van der Waals surface area (Å²) in [7, 11) is -1.45. The molecule has 2 N–H and O–H groups in total. The number of fused-ring (bicyclic) bond motifs is 1. The Labute approximate surface area is 248 Å². The van der Waals surface area contributed by atoms with Gasteiger partial charge in [0, 0.05) is 48.7 Å². The predicted molar refractivity (Wildman–Crippen MR) is 160 cm³/mol. The number of likely N-dealkylation sites (N-methyl/N-ethyl adjacent to an activating group) is 1. The van der Waals surface area contributed by atoms with Crippen molar-refractivity contribution in [2.75, 3.05) is 58.9 Å². The van der Waals surface area contributed by atoms with Crippen molar-refractivity contribution in [3.63, 3.8) is 0 Å². The molecule has 2 aromatic rings. The molecule has 11 heteroatoms. The van der Waals surface area contributed by atoms with Gasteiger partial charge in [0.15, 0.2) is 9.84 Å². The van der Waals surface area contributed by atoms with Crippen molar-refractivity contribution in [1.82, 2.24) is 15.5 Å². The van der Waals surface area contributed by atoms with Crippen molar-refractivity contribution >= 4 is 39.1 Å². The van der Waals surface area contributed by atoms with E-state index in [-0.39, 0.29) is 17.7 Å². The van der Waals surface area contributed by atoms with Crippen LogP contribution in [0.15, 0.2) is 41.3 Å². The van der Waals surface area contributed by atoms with Crippen LogP contribution in [0.3, 0.4) is 0 Å². The number of sulfone groups is 1. The summed E-state index contributed by atoms with van der Waals surface area (Å²) in [4.78, 5) is 14.1. The molecular formula is C29H41Cl2N3O5S. The molecule has 1 atom stereocenters. The molecular weight excluding hydrogens is 573 g/mol. The Kier molecular flexibility index (Phi) is 13.5. The number of nitrogens with zero attached hydrogens (tertiary/aromatic N) is 1. The van der Waals surface area contributed by atoms with E-state index in [1.165, 1.54) is 0 Å². The lowest BCUT2D eigenvalue weighted by atomic mass is 9.85. The van der Waals surface area contributed by atoms with Crippen molar-refractivity contribution < 1.29 is 22.7 Å². The van der Waals surface area contributed by atoms with Gasteiger partial charge in [-0.1, -0.05) is 55.1 Å². The van der Waals surface area contributed by atoms with Gasteiger partial charge in [-0.15, -0.1) is 0 Å². The first kappa shape index (κ1) is 32.6. The summed E-state index contributed by atoms with van der Waals surface area (Å²) in [6.45, 7) is 6.11. The van der Waals surface area contributed by atoms with Gasteiger partial charge in [0.2, 0.25) is 0 Å². The Hall–Kier alpha value is -1.88. The summed E-state index contributed by atoms with van der Waals surface area (Å²) in [5, 5.41) is 6.75. The van der Waals surface area contributed by atoms with E-state index in [2.05, 4.69) is 22.5 Å². The molecule has 0 aromatic heterocycles. The monoisotopic (exact) mass is 613 g/mol. The van der Waals surface area contributed by atoms with E-state index in [1.807, 2.05) is 19.2 Å². The summed E-state index contributed by atoms with van der Waals surface area (Å²) in [6, 6.07) is 10.7. The van der Waals surface area contributed by atoms with Crippen molar-refractivity contribution in [3.8, 4) is 0 Å². The van der Waals surface area contributed by atoms with Crippen molar-refractivity contribution in [1.29, 1.82) is 0 Å². The van der Waals surface area contributed by atoms with E-state index < -0.39 is 9.84 Å². The predicted octanol–water partition coefficient (Wildman–Crippen LogP) is 5.26. The number of urea groups is 1. The number of hydrogen-bond donors (Lipinski definition) is 2. The fraction of sp³-hybridized carbons (Fsp3) is 0.552. The lowest BCUT2D eigenvalue weighted by Gasteiger charge is -2.33. The van der Waals surface area contributed by atoms with Crippen LogP contribution in [0.5, 0.6) is 0 Å². The van der Waals surface area contributed by atoms with E-state index in [1.54, 1.807) is 24.3 Å². The molecule has 0 spiro atoms. The molecule has 0 saturated heterocycles. The average Bonchev–Trinajstić information content (AvgIpc) is 2.92. The average molecular weight is 615 g/mol. The van der Waals surface area contributed by atoms with Crippen LogP contribution >= 0.6 is 23.2 Å². The maximum Gasteiger partial charge on any atom is 0.314 e. The molecule has 0 unspecified atom stereocenters. The standard InChI is InChI=1S/C29H41Cl2N3O5S/c1-3-4-5-10-32-29(35)33-11-13-39-15-14-38-12-7-16-40(36,37)24-9-6-8-22(17-24)26-20-34(2)21-27-25(26)18-23(30)19-28(27)31/h6,8-9,17-19,26H,3-5,7,10-16,20-21H2,1-2H3,(H2,32,33,35)/t26-/m0/s1. The van der Waals surface area contributed by atoms with Gasteiger partial charge in [-0.25, -0.2) is 13.2 Å². The topological polar surface area (TPSA) is 97.0 Å². The molecule has 2 aromatic carbocycles. The lowest BCUT2D eigenvalue weighted by Crippen LogP contribution is -2.37. The number of halogens is 2. The minimum atomic E-state index is -3.47. The molecule has 0 aliphatic carbocycles. The Morgan fingerprint density at radius 2 is 1.75 bits per heavy atom. The van der Waals surface area contributed by atoms with Gasteiger partial charge in [-0.05, 0) is 60.8 Å². The third kappa shape index (κ3) is 10.2. The number of rotatable bonds is 16. The van der Waals surface area contributed by atoms with Crippen LogP contribution < -0.4 is 10.6 Å². The normalized spacial score (nSPS) is 15.6. The number of ether oxygens (including phenoxy) is 2.